The Balaban J connectivity index is 1.64. The highest BCUT2D eigenvalue weighted by Gasteiger charge is 2.25. The first-order valence-electron chi connectivity index (χ1n) is 8.08. The number of esters is 1. The molecule has 0 radical (unpaired) electrons. The first-order chi connectivity index (χ1) is 11.6. The number of methoxy groups -OCH3 is 1. The quantitative estimate of drug-likeness (QED) is 0.616. The summed E-state index contributed by atoms with van der Waals surface area (Å²) in [7, 11) is 1.43. The van der Waals surface area contributed by atoms with Crippen LogP contribution in [-0.2, 0) is 9.53 Å². The summed E-state index contributed by atoms with van der Waals surface area (Å²) in [6, 6.07) is 5.09. The van der Waals surface area contributed by atoms with Crippen LogP contribution in [-0.4, -0.2) is 55.0 Å². The molecule has 1 aromatic heterocycles. The number of nitrogens with one attached hydrogen (secondary N) is 1. The van der Waals surface area contributed by atoms with Crippen LogP contribution in [0.4, 0.5) is 0 Å². The number of carbonyl (C=O) groups is 2. The Morgan fingerprint density at radius 1 is 1.42 bits per heavy atom. The molecule has 2 heterocycles. The average molecular weight is 330 g/mol. The average Bonchev–Trinajstić information content (AvgIpc) is 2.65. The fourth-order valence-corrected chi connectivity index (χ4v) is 2.75. The summed E-state index contributed by atoms with van der Waals surface area (Å²) in [5.41, 5.74) is 0.745. The minimum atomic E-state index is -0.233. The topological polar surface area (TPSA) is 95.3 Å². The van der Waals surface area contributed by atoms with Gasteiger partial charge in [0, 0.05) is 12.7 Å². The van der Waals surface area contributed by atoms with E-state index in [1.165, 1.54) is 13.3 Å². The molecule has 24 heavy (non-hydrogen) atoms. The molecule has 1 aliphatic rings. The van der Waals surface area contributed by atoms with E-state index in [9.17, 15) is 9.59 Å². The Labute approximate surface area is 141 Å². The number of amides is 1. The maximum Gasteiger partial charge on any atom is 0.308 e. The largest absolute Gasteiger partial charge is 0.469 e. The zero-order chi connectivity index (χ0) is 17.4. The molecule has 0 aromatic carbocycles. The van der Waals surface area contributed by atoms with Gasteiger partial charge in [-0.25, -0.2) is 4.98 Å². The Morgan fingerprint density at radius 2 is 2.17 bits per heavy atom. The van der Waals surface area contributed by atoms with E-state index < -0.39 is 0 Å². The van der Waals surface area contributed by atoms with E-state index in [4.69, 9.17) is 10.00 Å². The standard InChI is InChI=1S/C17H22N4O3/c1-24-17(23)14-5-9-21(10-6-14)8-2-7-19-16(22)15-4-3-13(11-18)12-20-15/h3-4,12,14H,2,5-10H2,1H3,(H,19,22). The second-order valence-corrected chi connectivity index (χ2v) is 5.79. The first-order valence-corrected chi connectivity index (χ1v) is 8.08. The van der Waals surface area contributed by atoms with E-state index in [-0.39, 0.29) is 17.8 Å². The Morgan fingerprint density at radius 3 is 2.75 bits per heavy atom. The highest BCUT2D eigenvalue weighted by Crippen LogP contribution is 2.18. The van der Waals surface area contributed by atoms with Crippen molar-refractivity contribution >= 4 is 11.9 Å². The van der Waals surface area contributed by atoms with E-state index in [0.29, 0.717) is 17.8 Å². The molecule has 7 heteroatoms. The van der Waals surface area contributed by atoms with E-state index in [2.05, 4.69) is 15.2 Å². The van der Waals surface area contributed by atoms with Gasteiger partial charge in [0.25, 0.3) is 5.91 Å². The van der Waals surface area contributed by atoms with Crippen LogP contribution in [0.15, 0.2) is 18.3 Å². The van der Waals surface area contributed by atoms with E-state index in [1.54, 1.807) is 12.1 Å². The van der Waals surface area contributed by atoms with Crippen molar-refractivity contribution in [3.8, 4) is 6.07 Å². The van der Waals surface area contributed by atoms with Gasteiger partial charge in [-0.15, -0.1) is 0 Å². The molecule has 1 aromatic rings. The lowest BCUT2D eigenvalue weighted by Gasteiger charge is -2.30. The molecule has 1 fully saturated rings. The van der Waals surface area contributed by atoms with Crippen molar-refractivity contribution in [1.82, 2.24) is 15.2 Å². The monoisotopic (exact) mass is 330 g/mol. The fraction of sp³-hybridized carbons (Fsp3) is 0.529. The molecule has 0 saturated carbocycles. The molecular weight excluding hydrogens is 308 g/mol. The Bertz CT molecular complexity index is 601. The van der Waals surface area contributed by atoms with Gasteiger partial charge in [0.05, 0.1) is 18.6 Å². The SMILES string of the molecule is COC(=O)C1CCN(CCCNC(=O)c2ccc(C#N)cn2)CC1. The number of nitrogens with zero attached hydrogens (tertiary/aromatic N) is 3. The van der Waals surface area contributed by atoms with Crippen molar-refractivity contribution < 1.29 is 14.3 Å². The van der Waals surface area contributed by atoms with Gasteiger partial charge >= 0.3 is 5.97 Å². The Hall–Kier alpha value is -2.46. The minimum Gasteiger partial charge on any atom is -0.469 e. The third-order valence-electron chi connectivity index (χ3n) is 4.18. The van der Waals surface area contributed by atoms with Crippen LogP contribution in [0.3, 0.4) is 0 Å². The molecule has 1 aliphatic heterocycles. The maximum atomic E-state index is 11.9. The number of nitriles is 1. The van der Waals surface area contributed by atoms with Crippen LogP contribution in [0.2, 0.25) is 0 Å². The molecule has 0 bridgehead atoms. The molecule has 1 saturated heterocycles. The second-order valence-electron chi connectivity index (χ2n) is 5.79. The highest BCUT2D eigenvalue weighted by molar-refractivity contribution is 5.92. The predicted octanol–water partition coefficient (Wildman–Crippen LogP) is 0.958. The van der Waals surface area contributed by atoms with Crippen molar-refractivity contribution in [2.24, 2.45) is 5.92 Å². The number of piperidine rings is 1. The van der Waals surface area contributed by atoms with Crippen molar-refractivity contribution in [1.29, 1.82) is 5.26 Å². The molecule has 0 spiro atoms. The van der Waals surface area contributed by atoms with Crippen molar-refractivity contribution in [2.75, 3.05) is 33.3 Å². The van der Waals surface area contributed by atoms with Crippen LogP contribution in [0.25, 0.3) is 0 Å². The smallest absolute Gasteiger partial charge is 0.308 e. The molecular formula is C17H22N4O3. The Kier molecular flexibility index (Phi) is 6.70. The number of hydrogen-bond donors (Lipinski definition) is 1. The number of pyridine rings is 1. The second kappa shape index (κ2) is 8.99. The predicted molar refractivity (Wildman–Crippen MR) is 87.1 cm³/mol. The fourth-order valence-electron chi connectivity index (χ4n) is 2.75. The number of hydrogen-bond acceptors (Lipinski definition) is 6. The lowest BCUT2D eigenvalue weighted by Crippen LogP contribution is -2.38. The molecule has 1 amide bonds. The van der Waals surface area contributed by atoms with Crippen LogP contribution >= 0.6 is 0 Å². The number of rotatable bonds is 6. The van der Waals surface area contributed by atoms with Crippen LogP contribution in [0.1, 0.15) is 35.3 Å². The van der Waals surface area contributed by atoms with Gasteiger partial charge in [0.15, 0.2) is 0 Å². The van der Waals surface area contributed by atoms with Gasteiger partial charge in [-0.2, -0.15) is 5.26 Å². The summed E-state index contributed by atoms with van der Waals surface area (Å²) in [6.07, 6.45) is 3.88. The van der Waals surface area contributed by atoms with E-state index in [0.717, 1.165) is 38.9 Å². The van der Waals surface area contributed by atoms with Gasteiger partial charge in [0.2, 0.25) is 0 Å². The molecule has 1 N–H and O–H groups in total. The third kappa shape index (κ3) is 5.03. The van der Waals surface area contributed by atoms with Gasteiger partial charge in [-0.1, -0.05) is 0 Å². The number of likely N-dealkylation sites (tertiary alicyclic amines) is 1. The molecule has 7 nitrogen and oxygen atoms in total. The molecule has 128 valence electrons. The van der Waals surface area contributed by atoms with Gasteiger partial charge in [0.1, 0.15) is 11.8 Å². The molecule has 0 aliphatic carbocycles. The van der Waals surface area contributed by atoms with Crippen molar-refractivity contribution in [3.05, 3.63) is 29.6 Å². The van der Waals surface area contributed by atoms with Gasteiger partial charge in [-0.3, -0.25) is 9.59 Å². The number of ether oxygens (including phenoxy) is 1. The lowest BCUT2D eigenvalue weighted by molar-refractivity contribution is -0.147. The molecule has 0 unspecified atom stereocenters. The van der Waals surface area contributed by atoms with Crippen LogP contribution in [0.5, 0.6) is 0 Å². The number of carbonyl (C=O) groups excluding carboxylic acids is 2. The summed E-state index contributed by atoms with van der Waals surface area (Å²) in [5, 5.41) is 11.5. The normalized spacial score (nSPS) is 15.5. The summed E-state index contributed by atoms with van der Waals surface area (Å²) >= 11 is 0. The van der Waals surface area contributed by atoms with E-state index >= 15 is 0 Å². The van der Waals surface area contributed by atoms with Gasteiger partial charge < -0.3 is 15.0 Å². The zero-order valence-corrected chi connectivity index (χ0v) is 13.8. The van der Waals surface area contributed by atoms with Crippen molar-refractivity contribution in [2.45, 2.75) is 19.3 Å². The van der Waals surface area contributed by atoms with Crippen LogP contribution < -0.4 is 5.32 Å². The van der Waals surface area contributed by atoms with E-state index in [1.807, 2.05) is 6.07 Å². The summed E-state index contributed by atoms with van der Waals surface area (Å²) in [4.78, 5) is 29.7. The molecule has 0 atom stereocenters. The number of aromatic nitrogens is 1. The summed E-state index contributed by atoms with van der Waals surface area (Å²) < 4.78 is 4.78. The van der Waals surface area contributed by atoms with Crippen molar-refractivity contribution in [3.63, 3.8) is 0 Å². The summed E-state index contributed by atoms with van der Waals surface area (Å²) in [5.74, 6) is -0.325. The lowest BCUT2D eigenvalue weighted by atomic mass is 9.97. The minimum absolute atomic E-state index is 0.0217. The highest BCUT2D eigenvalue weighted by atomic mass is 16.5. The van der Waals surface area contributed by atoms with Gasteiger partial charge in [-0.05, 0) is 51.0 Å². The molecule has 2 rings (SSSR count). The maximum absolute atomic E-state index is 11.9. The first kappa shape index (κ1) is 17.9. The summed E-state index contributed by atoms with van der Waals surface area (Å²) in [6.45, 7) is 3.21. The third-order valence-corrected chi connectivity index (χ3v) is 4.18. The van der Waals surface area contributed by atoms with Crippen LogP contribution in [0, 0.1) is 17.2 Å². The zero-order valence-electron chi connectivity index (χ0n) is 13.8.